The Balaban J connectivity index is 1.55. The standard InChI is InChI=1S/C12H24N2OS/c15-16-10-4-12(5-11-16)13-6-9-14-7-2-1-3-8-14/h12-13H,1-11H2. The predicted molar refractivity (Wildman–Crippen MR) is 69.2 cm³/mol. The average Bonchev–Trinajstić information content (AvgIpc) is 2.33. The highest BCUT2D eigenvalue weighted by atomic mass is 32.2. The number of hydrogen-bond acceptors (Lipinski definition) is 3. The zero-order chi connectivity index (χ0) is 11.2. The molecule has 2 saturated heterocycles. The van der Waals surface area contributed by atoms with Crippen molar-refractivity contribution in [3.05, 3.63) is 0 Å². The fourth-order valence-corrected chi connectivity index (χ4v) is 3.91. The third-order valence-corrected chi connectivity index (χ3v) is 5.08. The van der Waals surface area contributed by atoms with Crippen LogP contribution in [0, 0.1) is 0 Å². The SMILES string of the molecule is O=S1CCC(NCCN2CCCCC2)CC1. The minimum atomic E-state index is -0.521. The third-order valence-electron chi connectivity index (χ3n) is 3.70. The van der Waals surface area contributed by atoms with Crippen LogP contribution in [0.25, 0.3) is 0 Å². The lowest BCUT2D eigenvalue weighted by molar-refractivity contribution is 0.225. The quantitative estimate of drug-likeness (QED) is 0.800. The zero-order valence-electron chi connectivity index (χ0n) is 10.1. The van der Waals surface area contributed by atoms with Crippen LogP contribution in [-0.4, -0.2) is 52.8 Å². The van der Waals surface area contributed by atoms with E-state index in [9.17, 15) is 4.21 Å². The summed E-state index contributed by atoms with van der Waals surface area (Å²) < 4.78 is 11.2. The van der Waals surface area contributed by atoms with Crippen molar-refractivity contribution in [1.82, 2.24) is 10.2 Å². The molecular weight excluding hydrogens is 220 g/mol. The molecule has 0 aromatic heterocycles. The number of rotatable bonds is 4. The molecule has 0 amide bonds. The van der Waals surface area contributed by atoms with Gasteiger partial charge in [0, 0.05) is 41.4 Å². The first-order valence-electron chi connectivity index (χ1n) is 6.65. The molecule has 3 nitrogen and oxygen atoms in total. The fourth-order valence-electron chi connectivity index (χ4n) is 2.61. The van der Waals surface area contributed by atoms with Crippen LogP contribution in [0.1, 0.15) is 32.1 Å². The molecule has 0 aliphatic carbocycles. The van der Waals surface area contributed by atoms with E-state index >= 15 is 0 Å². The number of likely N-dealkylation sites (tertiary alicyclic amines) is 1. The Morgan fingerprint density at radius 1 is 1.12 bits per heavy atom. The van der Waals surface area contributed by atoms with E-state index < -0.39 is 10.8 Å². The minimum absolute atomic E-state index is 0.521. The molecule has 0 radical (unpaired) electrons. The van der Waals surface area contributed by atoms with E-state index in [0.717, 1.165) is 30.9 Å². The minimum Gasteiger partial charge on any atom is -0.313 e. The van der Waals surface area contributed by atoms with Crippen molar-refractivity contribution in [3.8, 4) is 0 Å². The normalized spacial score (nSPS) is 32.8. The molecule has 0 saturated carbocycles. The first-order chi connectivity index (χ1) is 7.84. The monoisotopic (exact) mass is 244 g/mol. The summed E-state index contributed by atoms with van der Waals surface area (Å²) in [6, 6.07) is 0.627. The Labute approximate surface area is 101 Å². The van der Waals surface area contributed by atoms with Crippen LogP contribution >= 0.6 is 0 Å². The third kappa shape index (κ3) is 4.15. The molecule has 2 aliphatic heterocycles. The van der Waals surface area contributed by atoms with Crippen LogP contribution in [-0.2, 0) is 10.8 Å². The Morgan fingerprint density at radius 2 is 1.81 bits per heavy atom. The second-order valence-corrected chi connectivity index (χ2v) is 6.67. The maximum Gasteiger partial charge on any atom is 0.0249 e. The van der Waals surface area contributed by atoms with Gasteiger partial charge in [-0.1, -0.05) is 6.42 Å². The van der Waals surface area contributed by atoms with Crippen molar-refractivity contribution in [1.29, 1.82) is 0 Å². The van der Waals surface area contributed by atoms with Crippen molar-refractivity contribution >= 4 is 10.8 Å². The van der Waals surface area contributed by atoms with Gasteiger partial charge in [0.05, 0.1) is 0 Å². The largest absolute Gasteiger partial charge is 0.313 e. The van der Waals surface area contributed by atoms with Crippen LogP contribution in [0.5, 0.6) is 0 Å². The highest BCUT2D eigenvalue weighted by Gasteiger charge is 2.17. The fraction of sp³-hybridized carbons (Fsp3) is 1.00. The van der Waals surface area contributed by atoms with E-state index in [1.54, 1.807) is 0 Å². The van der Waals surface area contributed by atoms with Gasteiger partial charge in [-0.15, -0.1) is 0 Å². The van der Waals surface area contributed by atoms with Gasteiger partial charge in [0.15, 0.2) is 0 Å². The molecule has 0 spiro atoms. The van der Waals surface area contributed by atoms with Crippen LogP contribution < -0.4 is 5.32 Å². The molecule has 0 bridgehead atoms. The first kappa shape index (κ1) is 12.5. The van der Waals surface area contributed by atoms with Crippen LogP contribution in [0.15, 0.2) is 0 Å². The van der Waals surface area contributed by atoms with Gasteiger partial charge in [-0.05, 0) is 38.8 Å². The van der Waals surface area contributed by atoms with Crippen LogP contribution in [0.3, 0.4) is 0 Å². The van der Waals surface area contributed by atoms with Gasteiger partial charge in [0.1, 0.15) is 0 Å². The second-order valence-electron chi connectivity index (χ2n) is 4.98. The summed E-state index contributed by atoms with van der Waals surface area (Å²) in [5, 5.41) is 3.61. The van der Waals surface area contributed by atoms with E-state index in [-0.39, 0.29) is 0 Å². The zero-order valence-corrected chi connectivity index (χ0v) is 10.9. The summed E-state index contributed by atoms with van der Waals surface area (Å²) in [5.74, 6) is 1.81. The number of piperidine rings is 1. The Kier molecular flexibility index (Phi) is 5.26. The first-order valence-corrected chi connectivity index (χ1v) is 8.14. The van der Waals surface area contributed by atoms with E-state index in [4.69, 9.17) is 0 Å². The molecule has 0 aromatic carbocycles. The average molecular weight is 244 g/mol. The van der Waals surface area contributed by atoms with Crippen LogP contribution in [0.2, 0.25) is 0 Å². The summed E-state index contributed by atoms with van der Waals surface area (Å²) >= 11 is 0. The predicted octanol–water partition coefficient (Wildman–Crippen LogP) is 0.973. The number of nitrogens with one attached hydrogen (secondary N) is 1. The lowest BCUT2D eigenvalue weighted by Gasteiger charge is -2.28. The highest BCUT2D eigenvalue weighted by molar-refractivity contribution is 7.85. The molecule has 2 heterocycles. The number of hydrogen-bond donors (Lipinski definition) is 1. The van der Waals surface area contributed by atoms with E-state index in [2.05, 4.69) is 10.2 Å². The Bertz CT molecular complexity index is 219. The topological polar surface area (TPSA) is 32.3 Å². The van der Waals surface area contributed by atoms with Gasteiger partial charge in [-0.3, -0.25) is 4.21 Å². The van der Waals surface area contributed by atoms with Gasteiger partial charge < -0.3 is 10.2 Å². The lowest BCUT2D eigenvalue weighted by Crippen LogP contribution is -2.41. The molecular formula is C12H24N2OS. The van der Waals surface area contributed by atoms with Crippen molar-refractivity contribution in [2.45, 2.75) is 38.1 Å². The van der Waals surface area contributed by atoms with Gasteiger partial charge in [-0.25, -0.2) is 0 Å². The maximum absolute atomic E-state index is 11.2. The summed E-state index contributed by atoms with van der Waals surface area (Å²) in [5.41, 5.74) is 0. The number of nitrogens with zero attached hydrogens (tertiary/aromatic N) is 1. The van der Waals surface area contributed by atoms with Crippen molar-refractivity contribution in [3.63, 3.8) is 0 Å². The molecule has 0 atom stereocenters. The highest BCUT2D eigenvalue weighted by Crippen LogP contribution is 2.10. The van der Waals surface area contributed by atoms with Gasteiger partial charge in [0.2, 0.25) is 0 Å². The molecule has 94 valence electrons. The molecule has 4 heteroatoms. The maximum atomic E-state index is 11.2. The van der Waals surface area contributed by atoms with E-state index in [0.29, 0.717) is 6.04 Å². The molecule has 1 N–H and O–H groups in total. The lowest BCUT2D eigenvalue weighted by atomic mass is 10.1. The van der Waals surface area contributed by atoms with Crippen molar-refractivity contribution < 1.29 is 4.21 Å². The summed E-state index contributed by atoms with van der Waals surface area (Å²) in [7, 11) is -0.521. The van der Waals surface area contributed by atoms with E-state index in [1.165, 1.54) is 38.9 Å². The molecule has 16 heavy (non-hydrogen) atoms. The second kappa shape index (κ2) is 6.72. The molecule has 0 aromatic rings. The Morgan fingerprint density at radius 3 is 2.50 bits per heavy atom. The van der Waals surface area contributed by atoms with Gasteiger partial charge in [0.25, 0.3) is 0 Å². The van der Waals surface area contributed by atoms with E-state index in [1.807, 2.05) is 0 Å². The van der Waals surface area contributed by atoms with Gasteiger partial charge in [-0.2, -0.15) is 0 Å². The molecule has 2 fully saturated rings. The Hall–Kier alpha value is 0.0700. The van der Waals surface area contributed by atoms with Crippen molar-refractivity contribution in [2.75, 3.05) is 37.7 Å². The summed E-state index contributed by atoms with van der Waals surface area (Å²) in [6.07, 6.45) is 6.38. The van der Waals surface area contributed by atoms with Crippen LogP contribution in [0.4, 0.5) is 0 Å². The summed E-state index contributed by atoms with van der Waals surface area (Å²) in [6.45, 7) is 4.88. The molecule has 2 rings (SSSR count). The van der Waals surface area contributed by atoms with Gasteiger partial charge >= 0.3 is 0 Å². The molecule has 2 aliphatic rings. The molecule has 0 unspecified atom stereocenters. The van der Waals surface area contributed by atoms with Crippen molar-refractivity contribution in [2.24, 2.45) is 0 Å². The smallest absolute Gasteiger partial charge is 0.0249 e. The summed E-state index contributed by atoms with van der Waals surface area (Å²) in [4.78, 5) is 2.57.